The number of anilines is 3. The lowest BCUT2D eigenvalue weighted by atomic mass is 9.91. The van der Waals surface area contributed by atoms with Crippen LogP contribution in [0.4, 0.5) is 21.6 Å². The number of nitrogens with zero attached hydrogens (tertiary/aromatic N) is 9. The van der Waals surface area contributed by atoms with Crippen molar-refractivity contribution in [2.24, 2.45) is 5.92 Å². The second kappa shape index (κ2) is 22.8. The van der Waals surface area contributed by atoms with Crippen molar-refractivity contribution in [3.63, 3.8) is 0 Å². The highest BCUT2D eigenvalue weighted by molar-refractivity contribution is 7.13. The number of hydrogen-bond donors (Lipinski definition) is 4. The molecule has 8 heterocycles. The van der Waals surface area contributed by atoms with E-state index in [9.17, 15) is 19.8 Å². The number of likely N-dealkylation sites (tertiary alicyclic amines) is 2. The molecule has 11 rings (SSSR count). The number of phenols is 1. The highest BCUT2D eigenvalue weighted by atomic mass is 32.1. The van der Waals surface area contributed by atoms with Gasteiger partial charge in [0.05, 0.1) is 51.8 Å². The van der Waals surface area contributed by atoms with E-state index in [1.807, 2.05) is 68.0 Å². The van der Waals surface area contributed by atoms with Gasteiger partial charge in [0.1, 0.15) is 30.4 Å². The number of phenolic OH excluding ortho intramolecular Hbond substituents is 1. The number of nitrogen functional groups attached to an aromatic ring is 1. The summed E-state index contributed by atoms with van der Waals surface area (Å²) in [5.74, 6) is -2.74. The zero-order chi connectivity index (χ0) is 54.2. The molecule has 5 aliphatic rings. The second-order valence-electron chi connectivity index (χ2n) is 21.8. The smallest absolute Gasteiger partial charge is 0.291 e. The molecule has 2 aromatic carbocycles. The van der Waals surface area contributed by atoms with Gasteiger partial charge < -0.3 is 54.7 Å². The lowest BCUT2D eigenvalue weighted by Crippen LogP contribution is -2.54. The molecule has 2 unspecified atom stereocenters. The van der Waals surface area contributed by atoms with Crippen LogP contribution in [-0.2, 0) is 14.3 Å². The Hall–Kier alpha value is -6.94. The molecule has 78 heavy (non-hydrogen) atoms. The number of fused-ring (bicyclic) bond motifs is 2. The number of ether oxygens (including phenoxy) is 3. The van der Waals surface area contributed by atoms with Gasteiger partial charge >= 0.3 is 0 Å². The number of piperidine rings is 1. The summed E-state index contributed by atoms with van der Waals surface area (Å²) < 4.78 is 40.3. The van der Waals surface area contributed by atoms with Gasteiger partial charge in [-0.1, -0.05) is 50.2 Å². The van der Waals surface area contributed by atoms with Gasteiger partial charge in [0.2, 0.25) is 23.5 Å². The first-order valence-electron chi connectivity index (χ1n) is 27.3. The molecular formula is C57H68FN11O8S. The maximum atomic E-state index is 16.1. The Bertz CT molecular complexity index is 3060. The molecule has 5 fully saturated rings. The zero-order valence-corrected chi connectivity index (χ0v) is 45.2. The van der Waals surface area contributed by atoms with E-state index in [1.54, 1.807) is 37.3 Å². The molecule has 5 N–H and O–H groups in total. The van der Waals surface area contributed by atoms with Crippen LogP contribution in [0.15, 0.2) is 83.0 Å². The summed E-state index contributed by atoms with van der Waals surface area (Å²) in [6.45, 7) is 11.2. The number of rotatable bonds is 18. The predicted molar refractivity (Wildman–Crippen MR) is 292 cm³/mol. The van der Waals surface area contributed by atoms with Crippen molar-refractivity contribution in [1.82, 2.24) is 40.4 Å². The third-order valence-corrected chi connectivity index (χ3v) is 17.2. The number of hydrogen-bond acceptors (Lipinski definition) is 18. The molecule has 2 amide bonds. The average Bonchev–Trinajstić information content (AvgIpc) is 4.26. The van der Waals surface area contributed by atoms with Crippen LogP contribution < -0.4 is 30.3 Å². The summed E-state index contributed by atoms with van der Waals surface area (Å²) in [6, 6.07) is 20.3. The van der Waals surface area contributed by atoms with Gasteiger partial charge in [0.15, 0.2) is 11.6 Å². The summed E-state index contributed by atoms with van der Waals surface area (Å²) in [4.78, 5) is 46.4. The van der Waals surface area contributed by atoms with Gasteiger partial charge in [0.25, 0.3) is 5.88 Å². The van der Waals surface area contributed by atoms with Gasteiger partial charge in [-0.15, -0.1) is 21.5 Å². The van der Waals surface area contributed by atoms with Crippen LogP contribution in [0.25, 0.3) is 21.7 Å². The van der Waals surface area contributed by atoms with Crippen LogP contribution in [0.3, 0.4) is 0 Å². The minimum Gasteiger partial charge on any atom is -0.507 e. The van der Waals surface area contributed by atoms with Crippen molar-refractivity contribution in [2.75, 3.05) is 61.4 Å². The fraction of sp³-hybridized carbons (Fsp3) is 0.491. The summed E-state index contributed by atoms with van der Waals surface area (Å²) >= 11 is 1.57. The Kier molecular flexibility index (Phi) is 15.5. The standard InChI is InChI=1S/C57H68FN11O8S/c1-32(2)50(57(73)68-30-40(70)24-47(68)55(72)62-33(3)35-9-11-36(12-10-35)53-34(4)61-31-78-53)52-51(58)56(65-77-52)74-22-21-66-19-16-41(17-20-66)75-42-25-43(26-42)76-49-23-37(15-18-60-49)69-38-13-14-39(69)29-67(28-38)46-27-45(63-64-54(46)59)44-7-5-6-8-48(44)71/h5-12,15,18,23,27,31-33,38-43,47,50,70-71H,13-14,16-17,19-22,24-26,28-30H2,1-4H3,(H2,59,64)(H,62,72)/t33-,38?,39?,40+,42?,43?,47-,50+/m0/s1. The number of amides is 2. The van der Waals surface area contributed by atoms with E-state index in [0.717, 1.165) is 97.8 Å². The van der Waals surface area contributed by atoms with Gasteiger partial charge in [0, 0.05) is 94.1 Å². The summed E-state index contributed by atoms with van der Waals surface area (Å²) in [5, 5.41) is 36.6. The molecule has 4 aromatic heterocycles. The number of para-hydroxylation sites is 1. The Morgan fingerprint density at radius 3 is 2.40 bits per heavy atom. The molecule has 4 aliphatic heterocycles. The van der Waals surface area contributed by atoms with E-state index >= 15 is 4.39 Å². The molecule has 4 saturated heterocycles. The predicted octanol–water partition coefficient (Wildman–Crippen LogP) is 7.29. The van der Waals surface area contributed by atoms with Crippen LogP contribution in [-0.4, -0.2) is 146 Å². The molecule has 0 radical (unpaired) electrons. The number of aliphatic hydroxyl groups excluding tert-OH is 1. The van der Waals surface area contributed by atoms with Crippen molar-refractivity contribution in [3.8, 4) is 39.2 Å². The number of piperazine rings is 1. The maximum absolute atomic E-state index is 16.1. The number of aryl methyl sites for hydroxylation is 1. The normalized spacial score (nSPS) is 23.3. The number of aliphatic hydroxyl groups is 1. The first-order valence-corrected chi connectivity index (χ1v) is 28.1. The van der Waals surface area contributed by atoms with E-state index < -0.39 is 41.6 Å². The van der Waals surface area contributed by atoms with Crippen molar-refractivity contribution in [3.05, 3.63) is 101 Å². The van der Waals surface area contributed by atoms with Crippen LogP contribution in [0.2, 0.25) is 0 Å². The van der Waals surface area contributed by atoms with Crippen molar-refractivity contribution < 1.29 is 42.9 Å². The number of carbonyl (C=O) groups is 2. The lowest BCUT2D eigenvalue weighted by molar-refractivity contribution is -0.141. The van der Waals surface area contributed by atoms with Gasteiger partial charge in [-0.2, -0.15) is 4.39 Å². The SMILES string of the molecule is Cc1ncsc1-c1ccc([C@H](C)NC(=O)[C@@H]2C[C@@H](O)CN2C(=O)[C@@H](c2onc(OCCN3CCC(OC4CC(Oc5cc(N6C7CCC6CN(c6cc(-c8ccccc8O)nnc6N)C7)ccn5)C4)CC3)c2F)C(C)C)cc1. The molecular weight excluding hydrogens is 1020 g/mol. The number of carbonyl (C=O) groups excluding carboxylic acids is 2. The highest BCUT2D eigenvalue weighted by Gasteiger charge is 2.46. The fourth-order valence-electron chi connectivity index (χ4n) is 12.0. The number of benzene rings is 2. The number of aromatic hydroxyl groups is 1. The fourth-order valence-corrected chi connectivity index (χ4v) is 12.8. The van der Waals surface area contributed by atoms with E-state index in [1.165, 1.54) is 4.90 Å². The van der Waals surface area contributed by atoms with Gasteiger partial charge in [-0.25, -0.2) is 9.97 Å². The molecule has 2 bridgehead atoms. The van der Waals surface area contributed by atoms with Crippen LogP contribution in [0.5, 0.6) is 17.5 Å². The first-order chi connectivity index (χ1) is 37.7. The van der Waals surface area contributed by atoms with Gasteiger partial charge in [-0.3, -0.25) is 14.5 Å². The van der Waals surface area contributed by atoms with Crippen LogP contribution in [0, 0.1) is 18.7 Å². The molecule has 1 saturated carbocycles. The number of β-amino-alcohol motifs (C(OH)–C–C–N with tert-alkyl or cyclic N) is 1. The summed E-state index contributed by atoms with van der Waals surface area (Å²) in [5.41, 5.74) is 14.2. The zero-order valence-electron chi connectivity index (χ0n) is 44.4. The van der Waals surface area contributed by atoms with Gasteiger partial charge in [-0.05, 0) is 86.0 Å². The molecule has 1 aliphatic carbocycles. The number of halogens is 1. The minimum atomic E-state index is -1.10. The van der Waals surface area contributed by atoms with Crippen molar-refractivity contribution in [2.45, 2.75) is 127 Å². The number of nitrogens with two attached hydrogens (primary N) is 1. The average molecular weight is 1090 g/mol. The number of thiazole rings is 1. The monoisotopic (exact) mass is 1090 g/mol. The van der Waals surface area contributed by atoms with E-state index in [-0.39, 0.29) is 73.4 Å². The molecule has 412 valence electrons. The third kappa shape index (κ3) is 11.2. The van der Waals surface area contributed by atoms with E-state index in [2.05, 4.69) is 57.5 Å². The Labute approximate surface area is 456 Å². The number of pyridine rings is 1. The molecule has 21 heteroatoms. The number of nitrogens with one attached hydrogen (secondary N) is 1. The molecule has 19 nitrogen and oxygen atoms in total. The molecule has 6 aromatic rings. The summed E-state index contributed by atoms with van der Waals surface area (Å²) in [7, 11) is 0. The Morgan fingerprint density at radius 1 is 0.923 bits per heavy atom. The van der Waals surface area contributed by atoms with Crippen LogP contribution in [0.1, 0.15) is 94.7 Å². The van der Waals surface area contributed by atoms with E-state index in [0.29, 0.717) is 29.5 Å². The number of aromatic nitrogens is 5. The Balaban J connectivity index is 0.610. The minimum absolute atomic E-state index is 0.0237. The van der Waals surface area contributed by atoms with Crippen molar-refractivity contribution in [1.29, 1.82) is 0 Å². The lowest BCUT2D eigenvalue weighted by Gasteiger charge is -2.43. The molecule has 0 spiro atoms. The third-order valence-electron chi connectivity index (χ3n) is 16.2. The van der Waals surface area contributed by atoms with Crippen molar-refractivity contribution >= 4 is 40.3 Å². The summed E-state index contributed by atoms with van der Waals surface area (Å²) in [6.07, 6.45) is 6.63. The molecule has 6 atom stereocenters. The van der Waals surface area contributed by atoms with Crippen LogP contribution >= 0.6 is 11.3 Å². The topological polar surface area (TPSA) is 231 Å². The first kappa shape index (κ1) is 53.1. The maximum Gasteiger partial charge on any atom is 0.291 e. The van der Waals surface area contributed by atoms with E-state index in [4.69, 9.17) is 24.5 Å². The quantitative estimate of drug-likeness (QED) is 0.0662. The second-order valence-corrected chi connectivity index (χ2v) is 22.7. The highest BCUT2D eigenvalue weighted by Crippen LogP contribution is 2.41. The largest absolute Gasteiger partial charge is 0.507 e. The Morgan fingerprint density at radius 2 is 1.68 bits per heavy atom.